The molecule has 0 radical (unpaired) electrons. The third-order valence-electron chi connectivity index (χ3n) is 2.57. The predicted molar refractivity (Wildman–Crippen MR) is 57.0 cm³/mol. The van der Waals surface area contributed by atoms with Gasteiger partial charge in [0.05, 0.1) is 4.90 Å². The number of nitrogens with zero attached hydrogens (tertiary/aromatic N) is 2. The molecule has 0 N–H and O–H groups in total. The van der Waals surface area contributed by atoms with Gasteiger partial charge in [-0.05, 0) is 31.9 Å². The van der Waals surface area contributed by atoms with Crippen molar-refractivity contribution >= 4 is 10.0 Å². The Morgan fingerprint density at radius 1 is 1.33 bits per heavy atom. The monoisotopic (exact) mass is 226 g/mol. The Kier molecular flexibility index (Phi) is 2.75. The summed E-state index contributed by atoms with van der Waals surface area (Å²) in [5.74, 6) is 0. The molecular formula is C10H14N2O2S. The second kappa shape index (κ2) is 3.90. The summed E-state index contributed by atoms with van der Waals surface area (Å²) < 4.78 is 25.7. The molecule has 0 aliphatic carbocycles. The Morgan fingerprint density at radius 3 is 2.60 bits per heavy atom. The van der Waals surface area contributed by atoms with Crippen LogP contribution >= 0.6 is 0 Å². The van der Waals surface area contributed by atoms with Crippen LogP contribution in [0.5, 0.6) is 0 Å². The van der Waals surface area contributed by atoms with E-state index in [9.17, 15) is 8.42 Å². The van der Waals surface area contributed by atoms with Gasteiger partial charge in [0.25, 0.3) is 0 Å². The van der Waals surface area contributed by atoms with Crippen LogP contribution in [-0.4, -0.2) is 30.8 Å². The Morgan fingerprint density at radius 2 is 2.00 bits per heavy atom. The molecule has 1 fully saturated rings. The van der Waals surface area contributed by atoms with Crippen molar-refractivity contribution in [2.24, 2.45) is 0 Å². The fourth-order valence-electron chi connectivity index (χ4n) is 1.76. The van der Waals surface area contributed by atoms with Crippen LogP contribution in [0.15, 0.2) is 23.2 Å². The molecule has 1 saturated heterocycles. The van der Waals surface area contributed by atoms with Gasteiger partial charge in [-0.25, -0.2) is 8.42 Å². The summed E-state index contributed by atoms with van der Waals surface area (Å²) in [6, 6.07) is 3.17. The molecule has 2 rings (SSSR count). The first-order valence-corrected chi connectivity index (χ1v) is 6.47. The second-order valence-electron chi connectivity index (χ2n) is 3.74. The molecule has 82 valence electrons. The summed E-state index contributed by atoms with van der Waals surface area (Å²) in [5, 5.41) is 0. The van der Waals surface area contributed by atoms with Gasteiger partial charge in [0.1, 0.15) is 0 Å². The van der Waals surface area contributed by atoms with E-state index in [-0.39, 0.29) is 0 Å². The zero-order valence-corrected chi connectivity index (χ0v) is 9.50. The largest absolute Gasteiger partial charge is 0.262 e. The lowest BCUT2D eigenvalue weighted by Gasteiger charge is -2.15. The Bertz CT molecular complexity index is 450. The Hall–Kier alpha value is -0.940. The van der Waals surface area contributed by atoms with Crippen molar-refractivity contribution in [2.45, 2.75) is 24.7 Å². The number of rotatable bonds is 2. The molecule has 0 spiro atoms. The third kappa shape index (κ3) is 2.03. The van der Waals surface area contributed by atoms with Crippen LogP contribution in [0.3, 0.4) is 0 Å². The molecule has 0 amide bonds. The average Bonchev–Trinajstić information content (AvgIpc) is 2.71. The van der Waals surface area contributed by atoms with E-state index in [2.05, 4.69) is 4.98 Å². The minimum absolute atomic E-state index is 0.358. The average molecular weight is 226 g/mol. The summed E-state index contributed by atoms with van der Waals surface area (Å²) in [7, 11) is -3.27. The minimum Gasteiger partial charge on any atom is -0.262 e. The van der Waals surface area contributed by atoms with Crippen LogP contribution in [-0.2, 0) is 10.0 Å². The quantitative estimate of drug-likeness (QED) is 0.760. The summed E-state index contributed by atoms with van der Waals surface area (Å²) in [4.78, 5) is 4.36. The van der Waals surface area contributed by atoms with Crippen molar-refractivity contribution in [3.05, 3.63) is 24.0 Å². The van der Waals surface area contributed by atoms with E-state index in [1.807, 2.05) is 0 Å². The zero-order valence-electron chi connectivity index (χ0n) is 8.68. The van der Waals surface area contributed by atoms with Crippen LogP contribution in [0.1, 0.15) is 18.5 Å². The summed E-state index contributed by atoms with van der Waals surface area (Å²) in [6.45, 7) is 3.08. The van der Waals surface area contributed by atoms with E-state index >= 15 is 0 Å². The third-order valence-corrected chi connectivity index (χ3v) is 4.47. The fourth-order valence-corrected chi connectivity index (χ4v) is 3.35. The maximum absolute atomic E-state index is 12.1. The van der Waals surface area contributed by atoms with Crippen molar-refractivity contribution in [1.82, 2.24) is 9.29 Å². The van der Waals surface area contributed by atoms with Gasteiger partial charge in [0.2, 0.25) is 10.0 Å². The molecule has 1 aromatic heterocycles. The van der Waals surface area contributed by atoms with Crippen molar-refractivity contribution in [2.75, 3.05) is 13.1 Å². The van der Waals surface area contributed by atoms with E-state index in [4.69, 9.17) is 0 Å². The van der Waals surface area contributed by atoms with Crippen LogP contribution in [0, 0.1) is 6.92 Å². The SMILES string of the molecule is Cc1cc(S(=O)(=O)N2CCCC2)ccn1. The van der Waals surface area contributed by atoms with Gasteiger partial charge < -0.3 is 0 Å². The summed E-state index contributed by atoms with van der Waals surface area (Å²) in [5.41, 5.74) is 0.732. The Labute approximate surface area is 90.0 Å². The van der Waals surface area contributed by atoms with Crippen LogP contribution in [0.25, 0.3) is 0 Å². The molecule has 0 atom stereocenters. The number of aromatic nitrogens is 1. The zero-order chi connectivity index (χ0) is 10.9. The molecule has 0 unspecified atom stereocenters. The maximum atomic E-state index is 12.1. The highest BCUT2D eigenvalue weighted by molar-refractivity contribution is 7.89. The molecule has 5 heteroatoms. The number of aryl methyl sites for hydroxylation is 1. The number of hydrogen-bond acceptors (Lipinski definition) is 3. The van der Waals surface area contributed by atoms with E-state index in [0.717, 1.165) is 18.5 Å². The molecule has 4 nitrogen and oxygen atoms in total. The molecule has 1 aromatic rings. The number of hydrogen-bond donors (Lipinski definition) is 0. The molecule has 2 heterocycles. The number of pyridine rings is 1. The Balaban J connectivity index is 2.36. The van der Waals surface area contributed by atoms with E-state index < -0.39 is 10.0 Å². The first-order chi connectivity index (χ1) is 7.10. The highest BCUT2D eigenvalue weighted by atomic mass is 32.2. The summed E-state index contributed by atoms with van der Waals surface area (Å²) >= 11 is 0. The smallest absolute Gasteiger partial charge is 0.243 e. The van der Waals surface area contributed by atoms with Crippen LogP contribution in [0.2, 0.25) is 0 Å². The van der Waals surface area contributed by atoms with Gasteiger partial charge in [-0.3, -0.25) is 4.98 Å². The molecular weight excluding hydrogens is 212 g/mol. The second-order valence-corrected chi connectivity index (χ2v) is 5.68. The predicted octanol–water partition coefficient (Wildman–Crippen LogP) is 1.17. The standard InChI is InChI=1S/C10H14N2O2S/c1-9-8-10(4-5-11-9)15(13,14)12-6-2-3-7-12/h4-5,8H,2-3,6-7H2,1H3. The van der Waals surface area contributed by atoms with Gasteiger partial charge >= 0.3 is 0 Å². The van der Waals surface area contributed by atoms with Gasteiger partial charge in [0.15, 0.2) is 0 Å². The van der Waals surface area contributed by atoms with Gasteiger partial charge in [-0.15, -0.1) is 0 Å². The van der Waals surface area contributed by atoms with Crippen LogP contribution in [0.4, 0.5) is 0 Å². The maximum Gasteiger partial charge on any atom is 0.243 e. The van der Waals surface area contributed by atoms with Gasteiger partial charge in [-0.2, -0.15) is 4.31 Å². The highest BCUT2D eigenvalue weighted by Crippen LogP contribution is 2.20. The summed E-state index contributed by atoms with van der Waals surface area (Å²) in [6.07, 6.45) is 3.46. The lowest BCUT2D eigenvalue weighted by Crippen LogP contribution is -2.27. The molecule has 15 heavy (non-hydrogen) atoms. The highest BCUT2D eigenvalue weighted by Gasteiger charge is 2.26. The van der Waals surface area contributed by atoms with E-state index in [1.165, 1.54) is 6.20 Å². The first kappa shape index (κ1) is 10.6. The fraction of sp³-hybridized carbons (Fsp3) is 0.500. The molecule has 1 aliphatic heterocycles. The topological polar surface area (TPSA) is 50.3 Å². The van der Waals surface area contributed by atoms with E-state index in [1.54, 1.807) is 23.4 Å². The van der Waals surface area contributed by atoms with Crippen LogP contribution < -0.4 is 0 Å². The van der Waals surface area contributed by atoms with Crippen molar-refractivity contribution < 1.29 is 8.42 Å². The minimum atomic E-state index is -3.27. The van der Waals surface area contributed by atoms with Gasteiger partial charge in [0, 0.05) is 25.0 Å². The molecule has 1 aliphatic rings. The normalized spacial score (nSPS) is 18.2. The van der Waals surface area contributed by atoms with Crippen molar-refractivity contribution in [3.63, 3.8) is 0 Å². The molecule has 0 saturated carbocycles. The molecule has 0 aromatic carbocycles. The van der Waals surface area contributed by atoms with Crippen molar-refractivity contribution in [3.8, 4) is 0 Å². The molecule has 0 bridgehead atoms. The van der Waals surface area contributed by atoms with E-state index in [0.29, 0.717) is 18.0 Å². The lowest BCUT2D eigenvalue weighted by atomic mass is 10.4. The van der Waals surface area contributed by atoms with Crippen molar-refractivity contribution in [1.29, 1.82) is 0 Å². The van der Waals surface area contributed by atoms with Gasteiger partial charge in [-0.1, -0.05) is 0 Å². The first-order valence-electron chi connectivity index (χ1n) is 5.03. The lowest BCUT2D eigenvalue weighted by molar-refractivity contribution is 0.477. The number of sulfonamides is 1.